The zero-order chi connectivity index (χ0) is 23.5. The molecule has 3 aromatic heterocycles. The molecule has 4 aromatic rings. The van der Waals surface area contributed by atoms with Gasteiger partial charge in [-0.1, -0.05) is 35.9 Å². The minimum Gasteiger partial charge on any atom is -0.396 e. The molecular weight excluding hydrogens is 442 g/mol. The van der Waals surface area contributed by atoms with Gasteiger partial charge in [-0.2, -0.15) is 0 Å². The van der Waals surface area contributed by atoms with Crippen molar-refractivity contribution in [1.82, 2.24) is 23.7 Å². The molecule has 0 amide bonds. The summed E-state index contributed by atoms with van der Waals surface area (Å²) in [6, 6.07) is 11.7. The van der Waals surface area contributed by atoms with Crippen LogP contribution in [0.25, 0.3) is 11.2 Å². The zero-order valence-electron chi connectivity index (χ0n) is 18.7. The molecule has 0 saturated carbocycles. The number of aromatic nitrogens is 5. The predicted octanol–water partition coefficient (Wildman–Crippen LogP) is 2.47. The van der Waals surface area contributed by atoms with Crippen LogP contribution in [0.3, 0.4) is 0 Å². The number of halogens is 1. The van der Waals surface area contributed by atoms with Crippen molar-refractivity contribution in [1.29, 1.82) is 0 Å². The molecule has 4 rings (SSSR count). The van der Waals surface area contributed by atoms with Crippen molar-refractivity contribution in [2.75, 3.05) is 6.61 Å². The van der Waals surface area contributed by atoms with Crippen molar-refractivity contribution in [3.8, 4) is 0 Å². The maximum absolute atomic E-state index is 13.4. The third kappa shape index (κ3) is 4.62. The molecule has 0 aliphatic heterocycles. The molecule has 0 unspecified atom stereocenters. The lowest BCUT2D eigenvalue weighted by atomic mass is 10.0. The molecule has 0 atom stereocenters. The van der Waals surface area contributed by atoms with Gasteiger partial charge in [0.05, 0.1) is 17.3 Å². The summed E-state index contributed by atoms with van der Waals surface area (Å²) in [5, 5.41) is 9.74. The Morgan fingerprint density at radius 3 is 2.55 bits per heavy atom. The van der Waals surface area contributed by atoms with Crippen LogP contribution in [0.2, 0.25) is 5.02 Å². The smallest absolute Gasteiger partial charge is 0.332 e. The Kier molecular flexibility index (Phi) is 6.76. The summed E-state index contributed by atoms with van der Waals surface area (Å²) in [6.07, 6.45) is 3.22. The first-order chi connectivity index (χ1) is 15.9. The normalized spacial score (nSPS) is 11.4. The van der Waals surface area contributed by atoms with Crippen LogP contribution in [0.5, 0.6) is 0 Å². The number of hydrogen-bond donors (Lipinski definition) is 1. The van der Waals surface area contributed by atoms with E-state index in [-0.39, 0.29) is 13.2 Å². The number of hydrogen-bond acceptors (Lipinski definition) is 5. The van der Waals surface area contributed by atoms with E-state index in [1.54, 1.807) is 19.3 Å². The molecule has 8 nitrogen and oxygen atoms in total. The number of fused-ring (bicyclic) bond motifs is 1. The SMILES string of the molecule is Cc1ccccc1CCc1nc2c(c(=O)n(CCCO)c(=O)n2C)n1Cc1ccc(Cl)cn1. The molecule has 0 aliphatic carbocycles. The molecule has 1 N–H and O–H groups in total. The average molecular weight is 468 g/mol. The number of aliphatic hydroxyl groups excluding tert-OH is 1. The Balaban J connectivity index is 1.86. The van der Waals surface area contributed by atoms with Gasteiger partial charge in [-0.15, -0.1) is 0 Å². The number of aryl methyl sites for hydroxylation is 4. The minimum atomic E-state index is -0.444. The van der Waals surface area contributed by atoms with Gasteiger partial charge in [0.15, 0.2) is 11.2 Å². The van der Waals surface area contributed by atoms with E-state index in [9.17, 15) is 14.7 Å². The molecule has 1 aromatic carbocycles. The van der Waals surface area contributed by atoms with E-state index in [2.05, 4.69) is 24.0 Å². The number of pyridine rings is 1. The average Bonchev–Trinajstić information content (AvgIpc) is 3.17. The minimum absolute atomic E-state index is 0.108. The summed E-state index contributed by atoms with van der Waals surface area (Å²) in [6.45, 7) is 2.42. The topological polar surface area (TPSA) is 94.9 Å². The summed E-state index contributed by atoms with van der Waals surface area (Å²) in [4.78, 5) is 35.3. The first kappa shape index (κ1) is 22.9. The van der Waals surface area contributed by atoms with Crippen LogP contribution in [0, 0.1) is 6.92 Å². The van der Waals surface area contributed by atoms with Gasteiger partial charge >= 0.3 is 5.69 Å². The lowest BCUT2D eigenvalue weighted by molar-refractivity contribution is 0.277. The van der Waals surface area contributed by atoms with E-state index in [1.807, 2.05) is 22.8 Å². The van der Waals surface area contributed by atoms with Gasteiger partial charge in [0.25, 0.3) is 5.56 Å². The van der Waals surface area contributed by atoms with Crippen molar-refractivity contribution >= 4 is 22.8 Å². The third-order valence-electron chi connectivity index (χ3n) is 5.84. The third-order valence-corrected chi connectivity index (χ3v) is 6.06. The van der Waals surface area contributed by atoms with Gasteiger partial charge in [0.2, 0.25) is 0 Å². The van der Waals surface area contributed by atoms with Crippen LogP contribution < -0.4 is 11.2 Å². The molecule has 0 aliphatic rings. The molecule has 33 heavy (non-hydrogen) atoms. The summed E-state index contributed by atoms with van der Waals surface area (Å²) >= 11 is 5.99. The van der Waals surface area contributed by atoms with Crippen LogP contribution in [-0.2, 0) is 33.0 Å². The fraction of sp³-hybridized carbons (Fsp3) is 0.333. The standard InChI is InChI=1S/C24H26ClN5O3/c1-16-6-3-4-7-17(16)8-11-20-27-22-21(30(20)15-19-10-9-18(25)14-26-19)23(32)29(12-5-13-31)24(33)28(22)2/h3-4,6-7,9-10,14,31H,5,8,11-13,15H2,1-2H3. The van der Waals surface area contributed by atoms with Crippen molar-refractivity contribution in [2.24, 2.45) is 7.05 Å². The number of benzene rings is 1. The van der Waals surface area contributed by atoms with E-state index in [1.165, 1.54) is 15.7 Å². The Morgan fingerprint density at radius 2 is 1.85 bits per heavy atom. The number of aliphatic hydroxyl groups is 1. The number of nitrogens with zero attached hydrogens (tertiary/aromatic N) is 5. The monoisotopic (exact) mass is 467 g/mol. The molecule has 3 heterocycles. The zero-order valence-corrected chi connectivity index (χ0v) is 19.4. The van der Waals surface area contributed by atoms with Crippen LogP contribution in [-0.4, -0.2) is 35.4 Å². The first-order valence-corrected chi connectivity index (χ1v) is 11.2. The largest absolute Gasteiger partial charge is 0.396 e. The Morgan fingerprint density at radius 1 is 1.06 bits per heavy atom. The number of rotatable bonds is 8. The number of imidazole rings is 1. The maximum atomic E-state index is 13.4. The summed E-state index contributed by atoms with van der Waals surface area (Å²) < 4.78 is 4.41. The van der Waals surface area contributed by atoms with Gasteiger partial charge in [-0.25, -0.2) is 9.78 Å². The van der Waals surface area contributed by atoms with Gasteiger partial charge in [-0.3, -0.25) is 18.9 Å². The van der Waals surface area contributed by atoms with Crippen molar-refractivity contribution in [3.63, 3.8) is 0 Å². The van der Waals surface area contributed by atoms with Gasteiger partial charge in [-0.05, 0) is 43.0 Å². The second-order valence-corrected chi connectivity index (χ2v) is 8.49. The molecule has 0 radical (unpaired) electrons. The van der Waals surface area contributed by atoms with Crippen LogP contribution in [0.15, 0.2) is 52.2 Å². The Bertz CT molecular complexity index is 1400. The molecular formula is C24H26ClN5O3. The van der Waals surface area contributed by atoms with Gasteiger partial charge in [0.1, 0.15) is 5.82 Å². The van der Waals surface area contributed by atoms with Crippen LogP contribution >= 0.6 is 11.6 Å². The second-order valence-electron chi connectivity index (χ2n) is 8.06. The van der Waals surface area contributed by atoms with Crippen molar-refractivity contribution in [2.45, 2.75) is 39.3 Å². The summed E-state index contributed by atoms with van der Waals surface area (Å²) in [7, 11) is 1.61. The Labute approximate surface area is 195 Å². The molecule has 9 heteroatoms. The van der Waals surface area contributed by atoms with Gasteiger partial charge < -0.3 is 9.67 Å². The lowest BCUT2D eigenvalue weighted by Gasteiger charge is -2.11. The highest BCUT2D eigenvalue weighted by Crippen LogP contribution is 2.18. The van der Waals surface area contributed by atoms with Crippen molar-refractivity contribution in [3.05, 3.63) is 91.1 Å². The van der Waals surface area contributed by atoms with Gasteiger partial charge in [0, 0.05) is 32.8 Å². The van der Waals surface area contributed by atoms with Crippen LogP contribution in [0.1, 0.15) is 29.1 Å². The highest BCUT2D eigenvalue weighted by molar-refractivity contribution is 6.30. The van der Waals surface area contributed by atoms with Crippen molar-refractivity contribution < 1.29 is 5.11 Å². The maximum Gasteiger partial charge on any atom is 0.332 e. The quantitative estimate of drug-likeness (QED) is 0.429. The van der Waals surface area contributed by atoms with Crippen LogP contribution in [0.4, 0.5) is 0 Å². The summed E-state index contributed by atoms with van der Waals surface area (Å²) in [5.74, 6) is 0.706. The molecule has 0 spiro atoms. The molecule has 0 bridgehead atoms. The summed E-state index contributed by atoms with van der Waals surface area (Å²) in [5.41, 5.74) is 2.97. The fourth-order valence-corrected chi connectivity index (χ4v) is 4.11. The lowest BCUT2D eigenvalue weighted by Crippen LogP contribution is -2.40. The molecule has 0 fully saturated rings. The highest BCUT2D eigenvalue weighted by Gasteiger charge is 2.20. The first-order valence-electron chi connectivity index (χ1n) is 10.9. The Hall–Kier alpha value is -3.23. The van der Waals surface area contributed by atoms with E-state index in [4.69, 9.17) is 16.6 Å². The molecule has 0 saturated heterocycles. The predicted molar refractivity (Wildman–Crippen MR) is 128 cm³/mol. The van der Waals surface area contributed by atoms with E-state index in [0.717, 1.165) is 16.7 Å². The fourth-order valence-electron chi connectivity index (χ4n) is 4.00. The van der Waals surface area contributed by atoms with E-state index >= 15 is 0 Å². The van der Waals surface area contributed by atoms with E-state index in [0.29, 0.717) is 41.4 Å². The van der Waals surface area contributed by atoms with E-state index < -0.39 is 11.2 Å². The molecule has 172 valence electrons. The highest BCUT2D eigenvalue weighted by atomic mass is 35.5. The second kappa shape index (κ2) is 9.72.